The number of carbonyl (C=O) groups excluding carboxylic acids is 1. The zero-order valence-corrected chi connectivity index (χ0v) is 15.3. The Kier molecular flexibility index (Phi) is 5.84. The Morgan fingerprint density at radius 2 is 1.92 bits per heavy atom. The number of carbonyl (C=O) groups is 1. The van der Waals surface area contributed by atoms with Crippen LogP contribution < -0.4 is 5.32 Å². The van der Waals surface area contributed by atoms with Gasteiger partial charge in [0, 0.05) is 24.1 Å². The fourth-order valence-corrected chi connectivity index (χ4v) is 6.57. The summed E-state index contributed by atoms with van der Waals surface area (Å²) in [4.78, 5) is 12.8. The molecule has 1 saturated carbocycles. The lowest BCUT2D eigenvalue weighted by Gasteiger charge is -2.28. The van der Waals surface area contributed by atoms with E-state index in [9.17, 15) is 13.2 Å². The van der Waals surface area contributed by atoms with Gasteiger partial charge < -0.3 is 5.32 Å². The van der Waals surface area contributed by atoms with Gasteiger partial charge in [0.2, 0.25) is 15.9 Å². The smallest absolute Gasteiger partial charge is 0.239 e. The Labute approximate surface area is 148 Å². The summed E-state index contributed by atoms with van der Waals surface area (Å²) in [7, 11) is -3.43. The molecule has 1 N–H and O–H groups in total. The van der Waals surface area contributed by atoms with Crippen LogP contribution in [-0.2, 0) is 21.4 Å². The topological polar surface area (TPSA) is 66.5 Å². The molecule has 1 amide bonds. The van der Waals surface area contributed by atoms with Gasteiger partial charge in [-0.3, -0.25) is 4.79 Å². The largest absolute Gasteiger partial charge is 0.352 e. The van der Waals surface area contributed by atoms with Gasteiger partial charge >= 0.3 is 0 Å². The predicted octanol–water partition coefficient (Wildman–Crippen LogP) is 1.99. The van der Waals surface area contributed by atoms with Gasteiger partial charge in [-0.05, 0) is 18.4 Å². The maximum Gasteiger partial charge on any atom is 0.239 e. The van der Waals surface area contributed by atoms with Gasteiger partial charge in [-0.2, -0.15) is 16.1 Å². The minimum absolute atomic E-state index is 0.0949. The van der Waals surface area contributed by atoms with Crippen LogP contribution in [0.15, 0.2) is 30.3 Å². The number of sulfonamides is 1. The Hall–Kier alpha value is -1.05. The van der Waals surface area contributed by atoms with Crippen LogP contribution in [0.25, 0.3) is 0 Å². The Bertz CT molecular complexity index is 658. The van der Waals surface area contributed by atoms with Crippen molar-refractivity contribution in [3.8, 4) is 0 Å². The van der Waals surface area contributed by atoms with Gasteiger partial charge in [-0.25, -0.2) is 8.42 Å². The zero-order valence-electron chi connectivity index (χ0n) is 13.7. The van der Waals surface area contributed by atoms with E-state index in [0.29, 0.717) is 11.5 Å². The SMILES string of the molecule is O=C(NC1CCCC1)C1CSCCS(=O)(=O)N1Cc1ccccc1. The second-order valence-electron chi connectivity index (χ2n) is 6.43. The third-order valence-corrected chi connectivity index (χ3v) is 7.77. The van der Waals surface area contributed by atoms with Crippen LogP contribution in [0.3, 0.4) is 0 Å². The average molecular weight is 369 g/mol. The number of nitrogens with zero attached hydrogens (tertiary/aromatic N) is 1. The van der Waals surface area contributed by atoms with Crippen LogP contribution in [0.2, 0.25) is 0 Å². The maximum absolute atomic E-state index is 12.8. The molecule has 1 aliphatic heterocycles. The fraction of sp³-hybridized carbons (Fsp3) is 0.588. The van der Waals surface area contributed by atoms with E-state index in [2.05, 4.69) is 5.32 Å². The van der Waals surface area contributed by atoms with Crippen molar-refractivity contribution in [1.82, 2.24) is 9.62 Å². The van der Waals surface area contributed by atoms with Crippen molar-refractivity contribution < 1.29 is 13.2 Å². The molecule has 1 atom stereocenters. The highest BCUT2D eigenvalue weighted by atomic mass is 32.2. The maximum atomic E-state index is 12.8. The number of hydrogen-bond acceptors (Lipinski definition) is 4. The molecule has 0 spiro atoms. The molecule has 5 nitrogen and oxygen atoms in total. The number of nitrogens with one attached hydrogen (secondary N) is 1. The molecule has 1 saturated heterocycles. The molecule has 0 bridgehead atoms. The first-order valence-electron chi connectivity index (χ1n) is 8.48. The van der Waals surface area contributed by atoms with Crippen LogP contribution in [0, 0.1) is 0 Å². The lowest BCUT2D eigenvalue weighted by atomic mass is 10.2. The summed E-state index contributed by atoms with van der Waals surface area (Å²) in [5, 5.41) is 3.07. The lowest BCUT2D eigenvalue weighted by Crippen LogP contribution is -2.52. The summed E-state index contributed by atoms with van der Waals surface area (Å²) >= 11 is 1.55. The summed E-state index contributed by atoms with van der Waals surface area (Å²) in [6.07, 6.45) is 4.26. The summed E-state index contributed by atoms with van der Waals surface area (Å²) in [6, 6.07) is 9.07. The van der Waals surface area contributed by atoms with Gasteiger partial charge in [0.15, 0.2) is 0 Å². The van der Waals surface area contributed by atoms with E-state index in [1.54, 1.807) is 11.8 Å². The number of thioether (sulfide) groups is 1. The molecule has 1 heterocycles. The van der Waals surface area contributed by atoms with Crippen LogP contribution in [0.4, 0.5) is 0 Å². The summed E-state index contributed by atoms with van der Waals surface area (Å²) in [5.41, 5.74) is 0.909. The number of benzene rings is 1. The molecule has 2 fully saturated rings. The fourth-order valence-electron chi connectivity index (χ4n) is 3.30. The molecule has 0 aromatic heterocycles. The molecule has 2 aliphatic rings. The first kappa shape index (κ1) is 17.8. The first-order valence-corrected chi connectivity index (χ1v) is 11.2. The Morgan fingerprint density at radius 1 is 1.21 bits per heavy atom. The Balaban J connectivity index is 1.80. The number of rotatable bonds is 4. The van der Waals surface area contributed by atoms with Crippen molar-refractivity contribution in [1.29, 1.82) is 0 Å². The molecule has 0 radical (unpaired) electrons. The summed E-state index contributed by atoms with van der Waals surface area (Å²) in [6.45, 7) is 0.256. The van der Waals surface area contributed by atoms with E-state index in [0.717, 1.165) is 31.2 Å². The van der Waals surface area contributed by atoms with E-state index in [1.165, 1.54) is 4.31 Å². The van der Waals surface area contributed by atoms with Crippen molar-refractivity contribution in [2.24, 2.45) is 0 Å². The second kappa shape index (κ2) is 7.89. The monoisotopic (exact) mass is 368 g/mol. The molecule has 3 rings (SSSR count). The van der Waals surface area contributed by atoms with Crippen LogP contribution in [-0.4, -0.2) is 48.0 Å². The second-order valence-corrected chi connectivity index (χ2v) is 9.62. The van der Waals surface area contributed by atoms with E-state index in [1.807, 2.05) is 30.3 Å². The van der Waals surface area contributed by atoms with Crippen molar-refractivity contribution in [3.05, 3.63) is 35.9 Å². The van der Waals surface area contributed by atoms with Crippen LogP contribution in [0.1, 0.15) is 31.2 Å². The number of amides is 1. The quantitative estimate of drug-likeness (QED) is 0.883. The minimum atomic E-state index is -3.43. The molecular weight excluding hydrogens is 344 g/mol. The predicted molar refractivity (Wildman–Crippen MR) is 97.3 cm³/mol. The van der Waals surface area contributed by atoms with Crippen molar-refractivity contribution in [2.75, 3.05) is 17.3 Å². The lowest BCUT2D eigenvalue weighted by molar-refractivity contribution is -0.125. The van der Waals surface area contributed by atoms with Gasteiger partial charge in [-0.1, -0.05) is 43.2 Å². The highest BCUT2D eigenvalue weighted by Gasteiger charge is 2.37. The molecule has 132 valence electrons. The highest BCUT2D eigenvalue weighted by molar-refractivity contribution is 8.00. The van der Waals surface area contributed by atoms with Crippen LogP contribution in [0.5, 0.6) is 0 Å². The third kappa shape index (κ3) is 4.32. The van der Waals surface area contributed by atoms with Gasteiger partial charge in [0.05, 0.1) is 5.75 Å². The van der Waals surface area contributed by atoms with Crippen molar-refractivity contribution >= 4 is 27.7 Å². The third-order valence-electron chi connectivity index (χ3n) is 4.65. The minimum Gasteiger partial charge on any atom is -0.352 e. The molecule has 24 heavy (non-hydrogen) atoms. The molecule has 7 heteroatoms. The molecule has 1 aromatic carbocycles. The van der Waals surface area contributed by atoms with E-state index >= 15 is 0 Å². The zero-order chi connectivity index (χ0) is 17.0. The first-order chi connectivity index (χ1) is 11.6. The molecular formula is C17H24N2O3S2. The van der Waals surface area contributed by atoms with E-state index in [-0.39, 0.29) is 24.2 Å². The van der Waals surface area contributed by atoms with Gasteiger partial charge in [0.1, 0.15) is 6.04 Å². The normalized spacial score (nSPS) is 25.2. The van der Waals surface area contributed by atoms with Crippen LogP contribution >= 0.6 is 11.8 Å². The standard InChI is InChI=1S/C17H24N2O3S2/c20-17(18-15-8-4-5-9-15)16-13-23-10-11-24(21,22)19(16)12-14-6-2-1-3-7-14/h1-3,6-7,15-16H,4-5,8-13H2,(H,18,20). The van der Waals surface area contributed by atoms with Gasteiger partial charge in [0.25, 0.3) is 0 Å². The van der Waals surface area contributed by atoms with E-state index in [4.69, 9.17) is 0 Å². The van der Waals surface area contributed by atoms with Crippen molar-refractivity contribution in [2.45, 2.75) is 44.3 Å². The highest BCUT2D eigenvalue weighted by Crippen LogP contribution is 2.24. The average Bonchev–Trinajstić information content (AvgIpc) is 3.02. The molecule has 1 aliphatic carbocycles. The van der Waals surface area contributed by atoms with Gasteiger partial charge in [-0.15, -0.1) is 0 Å². The molecule has 1 unspecified atom stereocenters. The number of hydrogen-bond donors (Lipinski definition) is 1. The summed E-state index contributed by atoms with van der Waals surface area (Å²) < 4.78 is 26.8. The Morgan fingerprint density at radius 3 is 2.62 bits per heavy atom. The van der Waals surface area contributed by atoms with E-state index < -0.39 is 16.1 Å². The summed E-state index contributed by atoms with van der Waals surface area (Å²) in [5.74, 6) is 1.01. The molecule has 1 aromatic rings. The van der Waals surface area contributed by atoms with Crippen molar-refractivity contribution in [3.63, 3.8) is 0 Å².